The molecule has 1 aliphatic rings. The number of aromatic amines is 1. The lowest BCUT2D eigenvalue weighted by atomic mass is 10.0. The first-order chi connectivity index (χ1) is 17.4. The molecule has 1 saturated carbocycles. The number of hydrogen-bond donors (Lipinski definition) is 2. The molecular formula is C26H28N6O4. The van der Waals surface area contributed by atoms with Gasteiger partial charge in [-0.15, -0.1) is 0 Å². The molecule has 1 amide bonds. The first kappa shape index (κ1) is 23.5. The lowest BCUT2D eigenvalue weighted by Gasteiger charge is -2.23. The number of anilines is 2. The molecule has 0 atom stereocenters. The van der Waals surface area contributed by atoms with Crippen LogP contribution in [0.2, 0.25) is 0 Å². The molecule has 3 N–H and O–H groups in total. The maximum absolute atomic E-state index is 14.1. The van der Waals surface area contributed by atoms with Crippen molar-refractivity contribution in [1.29, 1.82) is 0 Å². The predicted molar refractivity (Wildman–Crippen MR) is 137 cm³/mol. The highest BCUT2D eigenvalue weighted by Crippen LogP contribution is 2.41. The number of nitrogen functional groups attached to an aromatic ring is 1. The molecule has 0 unspecified atom stereocenters. The summed E-state index contributed by atoms with van der Waals surface area (Å²) in [7, 11) is 0. The van der Waals surface area contributed by atoms with E-state index < -0.39 is 17.2 Å². The summed E-state index contributed by atoms with van der Waals surface area (Å²) in [6.45, 7) is 4.24. The van der Waals surface area contributed by atoms with E-state index in [2.05, 4.69) is 15.1 Å². The highest BCUT2D eigenvalue weighted by atomic mass is 16.5. The maximum atomic E-state index is 14.1. The number of nitrogens with two attached hydrogens (primary N) is 1. The average Bonchev–Trinajstić information content (AvgIpc) is 3.65. The van der Waals surface area contributed by atoms with Crippen molar-refractivity contribution in [3.63, 3.8) is 0 Å². The molecule has 36 heavy (non-hydrogen) atoms. The van der Waals surface area contributed by atoms with Crippen molar-refractivity contribution in [2.24, 2.45) is 0 Å². The minimum atomic E-state index is -0.707. The number of nitrogens with one attached hydrogen (secondary N) is 1. The zero-order valence-corrected chi connectivity index (χ0v) is 20.3. The first-order valence-corrected chi connectivity index (χ1v) is 12.2. The average molecular weight is 489 g/mol. The standard InChI is InChI=1S/C26H28N6O4/c1-3-5-13-32-22(27)21(23(33)29-26(32)35)31(4-2)25(34)17-14-18(15-11-12-15)28-24-19(17)20(30-36-24)16-9-7-6-8-10-16/h6-10,14-15H,3-5,11-13,27H2,1-2H3,(H,29,33,35). The quantitative estimate of drug-likeness (QED) is 0.386. The van der Waals surface area contributed by atoms with Gasteiger partial charge in [-0.2, -0.15) is 0 Å². The number of fused-ring (bicyclic) bond motifs is 1. The van der Waals surface area contributed by atoms with Gasteiger partial charge in [-0.3, -0.25) is 19.1 Å². The van der Waals surface area contributed by atoms with Gasteiger partial charge in [-0.1, -0.05) is 48.8 Å². The second-order valence-corrected chi connectivity index (χ2v) is 8.99. The molecular weight excluding hydrogens is 460 g/mol. The summed E-state index contributed by atoms with van der Waals surface area (Å²) in [4.78, 5) is 47.7. The third-order valence-corrected chi connectivity index (χ3v) is 6.52. The molecule has 4 aromatic rings. The molecule has 0 aliphatic heterocycles. The summed E-state index contributed by atoms with van der Waals surface area (Å²) < 4.78 is 6.90. The summed E-state index contributed by atoms with van der Waals surface area (Å²) in [6, 6.07) is 11.2. The Kier molecular flexibility index (Phi) is 6.17. The summed E-state index contributed by atoms with van der Waals surface area (Å²) in [5, 5.41) is 4.71. The zero-order valence-electron chi connectivity index (χ0n) is 20.3. The predicted octanol–water partition coefficient (Wildman–Crippen LogP) is 3.67. The van der Waals surface area contributed by atoms with Crippen LogP contribution in [0.4, 0.5) is 11.5 Å². The first-order valence-electron chi connectivity index (χ1n) is 12.2. The van der Waals surface area contributed by atoms with E-state index in [1.807, 2.05) is 37.3 Å². The number of carbonyl (C=O) groups excluding carboxylic acids is 1. The third kappa shape index (κ3) is 4.08. The van der Waals surface area contributed by atoms with Crippen LogP contribution in [0.15, 0.2) is 50.5 Å². The van der Waals surface area contributed by atoms with Gasteiger partial charge in [-0.05, 0) is 32.3 Å². The summed E-state index contributed by atoms with van der Waals surface area (Å²) in [5.41, 5.74) is 7.61. The fourth-order valence-electron chi connectivity index (χ4n) is 4.45. The highest BCUT2D eigenvalue weighted by molar-refractivity contribution is 6.16. The monoisotopic (exact) mass is 488 g/mol. The Balaban J connectivity index is 1.69. The smallest absolute Gasteiger partial charge is 0.330 e. The van der Waals surface area contributed by atoms with Crippen molar-refractivity contribution in [3.05, 3.63) is 68.5 Å². The van der Waals surface area contributed by atoms with Crippen LogP contribution in [-0.4, -0.2) is 32.1 Å². The highest BCUT2D eigenvalue weighted by Gasteiger charge is 2.32. The fraction of sp³-hybridized carbons (Fsp3) is 0.346. The Morgan fingerprint density at radius 3 is 2.64 bits per heavy atom. The Hall–Kier alpha value is -4.21. The van der Waals surface area contributed by atoms with E-state index in [0.29, 0.717) is 29.6 Å². The van der Waals surface area contributed by atoms with Crippen LogP contribution in [0.25, 0.3) is 22.4 Å². The van der Waals surface area contributed by atoms with E-state index in [9.17, 15) is 14.4 Å². The van der Waals surface area contributed by atoms with Crippen molar-refractivity contribution in [3.8, 4) is 11.3 Å². The molecule has 0 spiro atoms. The van der Waals surface area contributed by atoms with Gasteiger partial charge < -0.3 is 15.2 Å². The molecule has 0 radical (unpaired) electrons. The SMILES string of the molecule is CCCCn1c(N)c(N(CC)C(=O)c2cc(C3CC3)nc3onc(-c4ccccc4)c23)c(=O)[nH]c1=O. The molecule has 10 nitrogen and oxygen atoms in total. The lowest BCUT2D eigenvalue weighted by Crippen LogP contribution is -2.41. The molecule has 186 valence electrons. The fourth-order valence-corrected chi connectivity index (χ4v) is 4.45. The van der Waals surface area contributed by atoms with Crippen molar-refractivity contribution in [2.45, 2.75) is 52.0 Å². The van der Waals surface area contributed by atoms with Crippen LogP contribution in [0.1, 0.15) is 61.5 Å². The van der Waals surface area contributed by atoms with Gasteiger partial charge in [0.1, 0.15) is 11.5 Å². The third-order valence-electron chi connectivity index (χ3n) is 6.52. The Labute approximate surface area is 206 Å². The molecule has 1 aliphatic carbocycles. The minimum Gasteiger partial charge on any atom is -0.383 e. The van der Waals surface area contributed by atoms with Crippen LogP contribution in [-0.2, 0) is 6.54 Å². The second-order valence-electron chi connectivity index (χ2n) is 8.99. The van der Waals surface area contributed by atoms with Crippen LogP contribution in [0.5, 0.6) is 0 Å². The number of amides is 1. The number of carbonyl (C=O) groups is 1. The Morgan fingerprint density at radius 1 is 1.22 bits per heavy atom. The van der Waals surface area contributed by atoms with Crippen molar-refractivity contribution < 1.29 is 9.32 Å². The number of pyridine rings is 1. The number of rotatable bonds is 8. The van der Waals surface area contributed by atoms with E-state index in [1.165, 1.54) is 9.47 Å². The molecule has 3 heterocycles. The van der Waals surface area contributed by atoms with E-state index >= 15 is 0 Å². The molecule has 1 fully saturated rings. The van der Waals surface area contributed by atoms with Crippen LogP contribution < -0.4 is 21.9 Å². The van der Waals surface area contributed by atoms with Crippen LogP contribution in [0.3, 0.4) is 0 Å². The number of hydrogen-bond acceptors (Lipinski definition) is 7. The minimum absolute atomic E-state index is 0.0336. The van der Waals surface area contributed by atoms with Gasteiger partial charge in [0, 0.05) is 30.3 Å². The summed E-state index contributed by atoms with van der Waals surface area (Å²) >= 11 is 0. The van der Waals surface area contributed by atoms with Gasteiger partial charge in [0.25, 0.3) is 17.2 Å². The number of unbranched alkanes of at least 4 members (excludes halogenated alkanes) is 1. The Bertz CT molecular complexity index is 1550. The Morgan fingerprint density at radius 2 is 1.97 bits per heavy atom. The molecule has 1 aromatic carbocycles. The van der Waals surface area contributed by atoms with Crippen molar-refractivity contribution >= 4 is 28.5 Å². The summed E-state index contributed by atoms with van der Waals surface area (Å²) in [6.07, 6.45) is 3.51. The molecule has 3 aromatic heterocycles. The van der Waals surface area contributed by atoms with Crippen molar-refractivity contribution in [2.75, 3.05) is 17.2 Å². The van der Waals surface area contributed by atoms with E-state index in [0.717, 1.165) is 30.5 Å². The second kappa shape index (κ2) is 9.44. The molecule has 0 bridgehead atoms. The molecule has 0 saturated heterocycles. The van der Waals surface area contributed by atoms with E-state index in [4.69, 9.17) is 10.3 Å². The van der Waals surface area contributed by atoms with Gasteiger partial charge >= 0.3 is 5.69 Å². The van der Waals surface area contributed by atoms with Crippen LogP contribution >= 0.6 is 0 Å². The topological polar surface area (TPSA) is 140 Å². The van der Waals surface area contributed by atoms with Crippen LogP contribution in [0, 0.1) is 0 Å². The normalized spacial score (nSPS) is 13.3. The largest absolute Gasteiger partial charge is 0.383 e. The van der Waals surface area contributed by atoms with Gasteiger partial charge in [-0.25, -0.2) is 9.78 Å². The summed E-state index contributed by atoms with van der Waals surface area (Å²) in [5.74, 6) is -0.218. The van der Waals surface area contributed by atoms with E-state index in [1.54, 1.807) is 13.0 Å². The number of nitrogens with zero attached hydrogens (tertiary/aromatic N) is 4. The number of H-pyrrole nitrogens is 1. The van der Waals surface area contributed by atoms with Crippen molar-refractivity contribution in [1.82, 2.24) is 19.7 Å². The number of benzene rings is 1. The van der Waals surface area contributed by atoms with E-state index in [-0.39, 0.29) is 29.7 Å². The van der Waals surface area contributed by atoms with Gasteiger partial charge in [0.05, 0.1) is 10.9 Å². The van der Waals surface area contributed by atoms with Gasteiger partial charge in [0.15, 0.2) is 5.69 Å². The molecule has 10 heteroatoms. The lowest BCUT2D eigenvalue weighted by molar-refractivity contribution is 0.0989. The molecule has 5 rings (SSSR count). The number of aromatic nitrogens is 4. The van der Waals surface area contributed by atoms with Gasteiger partial charge in [0.2, 0.25) is 0 Å². The zero-order chi connectivity index (χ0) is 25.4. The maximum Gasteiger partial charge on any atom is 0.330 e.